The van der Waals surface area contributed by atoms with Crippen LogP contribution in [-0.2, 0) is 5.41 Å². The zero-order valence-corrected chi connectivity index (χ0v) is 34.6. The van der Waals surface area contributed by atoms with Crippen molar-refractivity contribution in [2.45, 2.75) is 5.41 Å². The summed E-state index contributed by atoms with van der Waals surface area (Å²) < 4.78 is 2.42. The van der Waals surface area contributed by atoms with E-state index in [1.165, 1.54) is 77.4 Å². The predicted molar refractivity (Wildman–Crippen MR) is 264 cm³/mol. The summed E-state index contributed by atoms with van der Waals surface area (Å²) in [5.41, 5.74) is 18.9. The van der Waals surface area contributed by atoms with Crippen molar-refractivity contribution in [2.75, 3.05) is 4.90 Å². The molecule has 0 N–H and O–H groups in total. The van der Waals surface area contributed by atoms with Gasteiger partial charge in [-0.1, -0.05) is 182 Å². The molecule has 0 spiro atoms. The minimum atomic E-state index is -0.484. The SMILES string of the molecule is c1ccc(-c2cccc(N(c3ccccc3)c3ccc(-c4ccc5c(c4)c4cc(C6(c7ccccc7)c7ccccc7-c7ccccc76)ccc4n5-c4ccccc4)cc3)c2)cc1. The fourth-order valence-corrected chi connectivity index (χ4v) is 10.3. The minimum absolute atomic E-state index is 0.484. The van der Waals surface area contributed by atoms with Gasteiger partial charge >= 0.3 is 0 Å². The van der Waals surface area contributed by atoms with Crippen LogP contribution in [0.4, 0.5) is 17.1 Å². The molecule has 11 aromatic rings. The van der Waals surface area contributed by atoms with E-state index in [0.29, 0.717) is 0 Å². The second-order valence-electron chi connectivity index (χ2n) is 16.5. The first-order valence-corrected chi connectivity index (χ1v) is 21.8. The van der Waals surface area contributed by atoms with Crippen molar-refractivity contribution in [3.05, 3.63) is 277 Å². The molecule has 0 aliphatic heterocycles. The molecule has 2 nitrogen and oxygen atoms in total. The van der Waals surface area contributed by atoms with Gasteiger partial charge < -0.3 is 9.47 Å². The lowest BCUT2D eigenvalue weighted by molar-refractivity contribution is 0.770. The van der Waals surface area contributed by atoms with E-state index >= 15 is 0 Å². The van der Waals surface area contributed by atoms with Crippen LogP contribution < -0.4 is 4.90 Å². The van der Waals surface area contributed by atoms with Crippen molar-refractivity contribution in [2.24, 2.45) is 0 Å². The summed E-state index contributed by atoms with van der Waals surface area (Å²) in [7, 11) is 0. The van der Waals surface area contributed by atoms with Crippen molar-refractivity contribution >= 4 is 38.9 Å². The molecule has 1 aliphatic carbocycles. The van der Waals surface area contributed by atoms with E-state index in [-0.39, 0.29) is 0 Å². The molecule has 0 radical (unpaired) electrons. The second-order valence-corrected chi connectivity index (χ2v) is 16.5. The van der Waals surface area contributed by atoms with Gasteiger partial charge in [-0.2, -0.15) is 0 Å². The molecule has 12 rings (SSSR count). The summed E-state index contributed by atoms with van der Waals surface area (Å²) in [5.74, 6) is 0. The molecule has 2 heteroatoms. The van der Waals surface area contributed by atoms with Gasteiger partial charge in [0.2, 0.25) is 0 Å². The van der Waals surface area contributed by atoms with Gasteiger partial charge in [0.1, 0.15) is 0 Å². The summed E-state index contributed by atoms with van der Waals surface area (Å²) in [5, 5.41) is 2.46. The van der Waals surface area contributed by atoms with Crippen LogP contribution in [0.15, 0.2) is 255 Å². The molecule has 0 unspecified atom stereocenters. The lowest BCUT2D eigenvalue weighted by Crippen LogP contribution is -2.28. The van der Waals surface area contributed by atoms with Crippen molar-refractivity contribution in [1.82, 2.24) is 4.57 Å². The zero-order valence-electron chi connectivity index (χ0n) is 34.6. The molecular formula is C61H42N2. The minimum Gasteiger partial charge on any atom is -0.310 e. The van der Waals surface area contributed by atoms with Gasteiger partial charge in [0.25, 0.3) is 0 Å². The monoisotopic (exact) mass is 802 g/mol. The normalized spacial score (nSPS) is 12.6. The number of hydrogen-bond donors (Lipinski definition) is 0. The quantitative estimate of drug-likeness (QED) is 0.149. The number of benzene rings is 10. The number of anilines is 3. The standard InChI is InChI=1S/C61H42N2/c1-5-18-43(19-6-1)45-20-17-27-52(40-45)62(49-23-9-3-10-24-49)51-36-32-44(33-37-51)46-34-38-59-55(41-46)56-42-48(35-39-60(56)63(59)50-25-11-4-12-26-50)61(47-21-7-2-8-22-47)57-30-15-13-28-53(57)54-29-14-16-31-58(54)61/h1-42H. The van der Waals surface area contributed by atoms with Gasteiger partial charge in [0.05, 0.1) is 16.4 Å². The first kappa shape index (κ1) is 36.6. The molecule has 0 amide bonds. The van der Waals surface area contributed by atoms with Crippen LogP contribution in [0.3, 0.4) is 0 Å². The number of para-hydroxylation sites is 2. The zero-order chi connectivity index (χ0) is 41.7. The molecule has 1 heterocycles. The maximum Gasteiger partial charge on any atom is 0.0713 e. The average molecular weight is 803 g/mol. The van der Waals surface area contributed by atoms with E-state index in [1.807, 2.05) is 0 Å². The third kappa shape index (κ3) is 5.95. The number of fused-ring (bicyclic) bond motifs is 6. The first-order chi connectivity index (χ1) is 31.3. The molecule has 63 heavy (non-hydrogen) atoms. The fraction of sp³-hybridized carbons (Fsp3) is 0.0164. The Hall–Kier alpha value is -8.20. The van der Waals surface area contributed by atoms with Gasteiger partial charge in [-0.05, 0) is 128 Å². The van der Waals surface area contributed by atoms with Gasteiger partial charge in [-0.15, -0.1) is 0 Å². The molecule has 0 atom stereocenters. The van der Waals surface area contributed by atoms with Gasteiger partial charge in [0.15, 0.2) is 0 Å². The van der Waals surface area contributed by atoms with Gasteiger partial charge in [-0.3, -0.25) is 0 Å². The van der Waals surface area contributed by atoms with Crippen LogP contribution in [0.1, 0.15) is 22.3 Å². The van der Waals surface area contributed by atoms with Gasteiger partial charge in [0, 0.05) is 33.5 Å². The van der Waals surface area contributed by atoms with Crippen LogP contribution in [-0.4, -0.2) is 4.57 Å². The molecular weight excluding hydrogens is 761 g/mol. The molecule has 10 aromatic carbocycles. The summed E-state index contributed by atoms with van der Waals surface area (Å²) in [6.07, 6.45) is 0. The van der Waals surface area contributed by atoms with Crippen LogP contribution >= 0.6 is 0 Å². The summed E-state index contributed by atoms with van der Waals surface area (Å²) >= 11 is 0. The summed E-state index contributed by atoms with van der Waals surface area (Å²) in [6, 6.07) is 93.2. The third-order valence-electron chi connectivity index (χ3n) is 13.1. The molecule has 1 aromatic heterocycles. The first-order valence-electron chi connectivity index (χ1n) is 21.8. The van der Waals surface area contributed by atoms with E-state index < -0.39 is 5.41 Å². The number of rotatable bonds is 8. The van der Waals surface area contributed by atoms with Crippen LogP contribution in [0.5, 0.6) is 0 Å². The van der Waals surface area contributed by atoms with E-state index in [1.54, 1.807) is 0 Å². The Morgan fingerprint density at radius 1 is 0.302 bits per heavy atom. The Morgan fingerprint density at radius 3 is 1.46 bits per heavy atom. The number of nitrogens with zero attached hydrogens (tertiary/aromatic N) is 2. The van der Waals surface area contributed by atoms with Crippen LogP contribution in [0.2, 0.25) is 0 Å². The highest BCUT2D eigenvalue weighted by Crippen LogP contribution is 2.56. The molecule has 0 saturated heterocycles. The Labute approximate surface area is 368 Å². The van der Waals surface area contributed by atoms with E-state index in [0.717, 1.165) is 22.7 Å². The highest BCUT2D eigenvalue weighted by atomic mass is 15.1. The molecule has 1 aliphatic rings. The Morgan fingerprint density at radius 2 is 0.778 bits per heavy atom. The third-order valence-corrected chi connectivity index (χ3v) is 13.1. The Kier molecular flexibility index (Phi) is 8.76. The molecule has 0 bridgehead atoms. The average Bonchev–Trinajstić information content (AvgIpc) is 3.86. The van der Waals surface area contributed by atoms with E-state index in [4.69, 9.17) is 0 Å². The second kappa shape index (κ2) is 15.1. The molecule has 296 valence electrons. The van der Waals surface area contributed by atoms with Crippen molar-refractivity contribution < 1.29 is 0 Å². The van der Waals surface area contributed by atoms with E-state index in [2.05, 4.69) is 264 Å². The number of hydrogen-bond acceptors (Lipinski definition) is 1. The predicted octanol–water partition coefficient (Wildman–Crippen LogP) is 16.0. The smallest absolute Gasteiger partial charge is 0.0713 e. The van der Waals surface area contributed by atoms with Crippen molar-refractivity contribution in [3.8, 4) is 39.1 Å². The summed E-state index contributed by atoms with van der Waals surface area (Å²) in [6.45, 7) is 0. The lowest BCUT2D eigenvalue weighted by atomic mass is 9.67. The lowest BCUT2D eigenvalue weighted by Gasteiger charge is -2.34. The van der Waals surface area contributed by atoms with Crippen molar-refractivity contribution in [1.29, 1.82) is 0 Å². The van der Waals surface area contributed by atoms with Crippen molar-refractivity contribution in [3.63, 3.8) is 0 Å². The van der Waals surface area contributed by atoms with E-state index in [9.17, 15) is 0 Å². The summed E-state index contributed by atoms with van der Waals surface area (Å²) in [4.78, 5) is 2.34. The maximum atomic E-state index is 2.48. The topological polar surface area (TPSA) is 8.17 Å². The Bertz CT molecular complexity index is 3380. The highest BCUT2D eigenvalue weighted by molar-refractivity contribution is 6.11. The molecule has 0 saturated carbocycles. The fourth-order valence-electron chi connectivity index (χ4n) is 10.3. The number of aromatic nitrogens is 1. The van der Waals surface area contributed by atoms with Crippen LogP contribution in [0, 0.1) is 0 Å². The largest absolute Gasteiger partial charge is 0.310 e. The van der Waals surface area contributed by atoms with Gasteiger partial charge in [-0.25, -0.2) is 0 Å². The van der Waals surface area contributed by atoms with Crippen LogP contribution in [0.25, 0.3) is 60.9 Å². The Balaban J connectivity index is 1.02. The highest BCUT2D eigenvalue weighted by Gasteiger charge is 2.46. The molecule has 0 fully saturated rings. The maximum absolute atomic E-state index is 2.48.